The molecule has 2 aromatic rings. The Bertz CT molecular complexity index is 731. The number of methoxy groups -OCH3 is 1. The van der Waals surface area contributed by atoms with Crippen molar-refractivity contribution >= 4 is 21.9 Å². The number of hydrogen-bond donors (Lipinski definition) is 1. The molecule has 1 aromatic heterocycles. The third-order valence-corrected chi connectivity index (χ3v) is 3.99. The zero-order chi connectivity index (χ0) is 15.0. The number of carbonyl (C=O) groups excluding carboxylic acids is 1. The SMILES string of the molecule is COC(=O)c1nc(-c2ccc(Br)cc2C)nc2c1CNC2. The van der Waals surface area contributed by atoms with Gasteiger partial charge >= 0.3 is 5.97 Å². The van der Waals surface area contributed by atoms with Gasteiger partial charge in [-0.25, -0.2) is 14.8 Å². The molecule has 0 spiro atoms. The summed E-state index contributed by atoms with van der Waals surface area (Å²) in [4.78, 5) is 21.0. The van der Waals surface area contributed by atoms with Crippen LogP contribution in [0.1, 0.15) is 27.3 Å². The highest BCUT2D eigenvalue weighted by molar-refractivity contribution is 9.10. The molecule has 6 heteroatoms. The number of rotatable bonds is 2. The number of aryl methyl sites for hydroxylation is 1. The number of nitrogens with one attached hydrogen (secondary N) is 1. The van der Waals surface area contributed by atoms with Crippen molar-refractivity contribution in [2.75, 3.05) is 7.11 Å². The average Bonchev–Trinajstić information content (AvgIpc) is 2.93. The van der Waals surface area contributed by atoms with E-state index in [1.165, 1.54) is 7.11 Å². The summed E-state index contributed by atoms with van der Waals surface area (Å²) in [5, 5.41) is 3.19. The molecule has 108 valence electrons. The third kappa shape index (κ3) is 2.56. The molecular weight excluding hydrogens is 334 g/mol. The lowest BCUT2D eigenvalue weighted by Crippen LogP contribution is -2.12. The van der Waals surface area contributed by atoms with E-state index < -0.39 is 5.97 Å². The van der Waals surface area contributed by atoms with Gasteiger partial charge in [0.1, 0.15) is 0 Å². The highest BCUT2D eigenvalue weighted by Crippen LogP contribution is 2.27. The van der Waals surface area contributed by atoms with Gasteiger partial charge in [0.05, 0.1) is 12.8 Å². The number of halogens is 1. The van der Waals surface area contributed by atoms with E-state index in [1.807, 2.05) is 25.1 Å². The molecule has 2 heterocycles. The molecule has 1 N–H and O–H groups in total. The van der Waals surface area contributed by atoms with E-state index in [1.54, 1.807) is 0 Å². The van der Waals surface area contributed by atoms with Crippen LogP contribution in [0.2, 0.25) is 0 Å². The monoisotopic (exact) mass is 347 g/mol. The Labute approximate surface area is 130 Å². The molecule has 0 aliphatic carbocycles. The van der Waals surface area contributed by atoms with Gasteiger partial charge in [-0.1, -0.05) is 15.9 Å². The quantitative estimate of drug-likeness (QED) is 0.846. The van der Waals surface area contributed by atoms with Crippen LogP contribution in [0, 0.1) is 6.92 Å². The van der Waals surface area contributed by atoms with Gasteiger partial charge < -0.3 is 10.1 Å². The molecule has 21 heavy (non-hydrogen) atoms. The van der Waals surface area contributed by atoms with Gasteiger partial charge in [-0.15, -0.1) is 0 Å². The lowest BCUT2D eigenvalue weighted by molar-refractivity contribution is 0.0592. The van der Waals surface area contributed by atoms with Crippen LogP contribution < -0.4 is 5.32 Å². The standard InChI is InChI=1S/C15H14BrN3O2/c1-8-5-9(16)3-4-10(8)14-18-12-7-17-6-11(12)13(19-14)15(20)21-2/h3-5,17H,6-7H2,1-2H3. The number of aromatic nitrogens is 2. The maximum Gasteiger partial charge on any atom is 0.357 e. The maximum atomic E-state index is 11.9. The molecule has 0 saturated heterocycles. The summed E-state index contributed by atoms with van der Waals surface area (Å²) in [6.45, 7) is 3.23. The van der Waals surface area contributed by atoms with Crippen molar-refractivity contribution in [1.82, 2.24) is 15.3 Å². The molecule has 0 fully saturated rings. The topological polar surface area (TPSA) is 64.1 Å². The predicted molar refractivity (Wildman–Crippen MR) is 81.8 cm³/mol. The largest absolute Gasteiger partial charge is 0.464 e. The fraction of sp³-hybridized carbons (Fsp3) is 0.267. The summed E-state index contributed by atoms with van der Waals surface area (Å²) in [7, 11) is 1.36. The van der Waals surface area contributed by atoms with E-state index in [0.29, 0.717) is 24.6 Å². The minimum Gasteiger partial charge on any atom is -0.464 e. The number of hydrogen-bond acceptors (Lipinski definition) is 5. The van der Waals surface area contributed by atoms with Gasteiger partial charge in [0.2, 0.25) is 0 Å². The highest BCUT2D eigenvalue weighted by atomic mass is 79.9. The van der Waals surface area contributed by atoms with Crippen molar-refractivity contribution in [1.29, 1.82) is 0 Å². The van der Waals surface area contributed by atoms with Crippen molar-refractivity contribution in [3.63, 3.8) is 0 Å². The lowest BCUT2D eigenvalue weighted by atomic mass is 10.1. The third-order valence-electron chi connectivity index (χ3n) is 3.50. The first-order chi connectivity index (χ1) is 10.1. The number of benzene rings is 1. The second-order valence-corrected chi connectivity index (χ2v) is 5.79. The van der Waals surface area contributed by atoms with Crippen LogP contribution in [0.5, 0.6) is 0 Å². The molecule has 1 aromatic carbocycles. The van der Waals surface area contributed by atoms with Gasteiger partial charge in [0.25, 0.3) is 0 Å². The van der Waals surface area contributed by atoms with Gasteiger partial charge in [-0.2, -0.15) is 0 Å². The van der Waals surface area contributed by atoms with Crippen molar-refractivity contribution in [3.8, 4) is 11.4 Å². The van der Waals surface area contributed by atoms with E-state index in [2.05, 4.69) is 31.2 Å². The first kappa shape index (κ1) is 14.2. The Morgan fingerprint density at radius 3 is 2.86 bits per heavy atom. The van der Waals surface area contributed by atoms with Gasteiger partial charge in [-0.05, 0) is 30.7 Å². The molecule has 0 atom stereocenters. The maximum absolute atomic E-state index is 11.9. The van der Waals surface area contributed by atoms with Crippen molar-refractivity contribution in [2.45, 2.75) is 20.0 Å². The van der Waals surface area contributed by atoms with Crippen LogP contribution in [-0.4, -0.2) is 23.0 Å². The molecule has 0 amide bonds. The smallest absolute Gasteiger partial charge is 0.357 e. The van der Waals surface area contributed by atoms with E-state index in [0.717, 1.165) is 26.9 Å². The van der Waals surface area contributed by atoms with Gasteiger partial charge in [0, 0.05) is 28.7 Å². The van der Waals surface area contributed by atoms with E-state index in [-0.39, 0.29) is 0 Å². The van der Waals surface area contributed by atoms with Crippen LogP contribution in [0.25, 0.3) is 11.4 Å². The van der Waals surface area contributed by atoms with Gasteiger partial charge in [0.15, 0.2) is 11.5 Å². The normalized spacial score (nSPS) is 13.1. The number of esters is 1. The van der Waals surface area contributed by atoms with Crippen molar-refractivity contribution in [2.24, 2.45) is 0 Å². The minimum absolute atomic E-state index is 0.352. The number of carbonyl (C=O) groups is 1. The molecule has 0 radical (unpaired) electrons. The Kier molecular flexibility index (Phi) is 3.73. The first-order valence-electron chi connectivity index (χ1n) is 6.55. The Morgan fingerprint density at radius 2 is 2.14 bits per heavy atom. The summed E-state index contributed by atoms with van der Waals surface area (Å²) in [5.74, 6) is 0.135. The second kappa shape index (κ2) is 5.54. The van der Waals surface area contributed by atoms with Crippen LogP contribution in [0.4, 0.5) is 0 Å². The molecule has 1 aliphatic rings. The van der Waals surface area contributed by atoms with Crippen molar-refractivity contribution in [3.05, 3.63) is 45.2 Å². The minimum atomic E-state index is -0.423. The molecule has 0 unspecified atom stereocenters. The molecule has 0 saturated carbocycles. The fourth-order valence-corrected chi connectivity index (χ4v) is 2.91. The second-order valence-electron chi connectivity index (χ2n) is 4.88. The fourth-order valence-electron chi connectivity index (χ4n) is 2.43. The van der Waals surface area contributed by atoms with E-state index in [9.17, 15) is 4.79 Å². The molecule has 1 aliphatic heterocycles. The Balaban J connectivity index is 2.18. The number of fused-ring (bicyclic) bond motifs is 1. The molecule has 3 rings (SSSR count). The van der Waals surface area contributed by atoms with Crippen LogP contribution in [0.15, 0.2) is 22.7 Å². The van der Waals surface area contributed by atoms with E-state index >= 15 is 0 Å². The van der Waals surface area contributed by atoms with Gasteiger partial charge in [-0.3, -0.25) is 0 Å². The zero-order valence-corrected chi connectivity index (χ0v) is 13.3. The predicted octanol–water partition coefficient (Wildman–Crippen LogP) is 2.60. The summed E-state index contributed by atoms with van der Waals surface area (Å²) >= 11 is 3.44. The van der Waals surface area contributed by atoms with Crippen LogP contribution in [0.3, 0.4) is 0 Å². The summed E-state index contributed by atoms with van der Waals surface area (Å²) in [6.07, 6.45) is 0. The van der Waals surface area contributed by atoms with E-state index in [4.69, 9.17) is 4.74 Å². The molecule has 0 bridgehead atoms. The summed E-state index contributed by atoms with van der Waals surface area (Å²) in [6, 6.07) is 5.89. The number of ether oxygens (including phenoxy) is 1. The Morgan fingerprint density at radius 1 is 1.33 bits per heavy atom. The average molecular weight is 348 g/mol. The highest BCUT2D eigenvalue weighted by Gasteiger charge is 2.24. The lowest BCUT2D eigenvalue weighted by Gasteiger charge is -2.10. The van der Waals surface area contributed by atoms with Crippen LogP contribution in [-0.2, 0) is 17.8 Å². The summed E-state index contributed by atoms with van der Waals surface area (Å²) < 4.78 is 5.84. The zero-order valence-electron chi connectivity index (χ0n) is 11.7. The summed E-state index contributed by atoms with van der Waals surface area (Å²) in [5.41, 5.74) is 4.01. The Hall–Kier alpha value is -1.79. The van der Waals surface area contributed by atoms with Crippen LogP contribution >= 0.6 is 15.9 Å². The first-order valence-corrected chi connectivity index (χ1v) is 7.35. The number of nitrogens with zero attached hydrogens (tertiary/aromatic N) is 2. The molecule has 5 nitrogen and oxygen atoms in total. The molecular formula is C15H14BrN3O2. The van der Waals surface area contributed by atoms with Crippen molar-refractivity contribution < 1.29 is 9.53 Å².